The van der Waals surface area contributed by atoms with Crippen molar-refractivity contribution in [2.45, 2.75) is 95.7 Å². The van der Waals surface area contributed by atoms with Gasteiger partial charge in [-0.25, -0.2) is 4.68 Å². The molecule has 0 saturated heterocycles. The Balaban J connectivity index is 1.33. The minimum Gasteiger partial charge on any atom is -0.390 e. The molecule has 0 spiro atoms. The number of hydrogen-bond acceptors (Lipinski definition) is 5. The molecule has 8 atom stereocenters. The predicted octanol–water partition coefficient (Wildman–Crippen LogP) is 4.98. The van der Waals surface area contributed by atoms with Crippen LogP contribution in [-0.2, 0) is 11.3 Å². The molecule has 6 heteroatoms. The molecule has 172 valence electrons. The van der Waals surface area contributed by atoms with Gasteiger partial charge in [0.25, 0.3) is 0 Å². The van der Waals surface area contributed by atoms with E-state index in [-0.39, 0.29) is 11.3 Å². The Hall–Kier alpha value is -0.880. The molecule has 4 aliphatic rings. The quantitative estimate of drug-likeness (QED) is 0.662. The van der Waals surface area contributed by atoms with E-state index < -0.39 is 5.60 Å². The highest BCUT2D eigenvalue weighted by atomic mass is 32.2. The van der Waals surface area contributed by atoms with E-state index in [0.717, 1.165) is 36.1 Å². The lowest BCUT2D eigenvalue weighted by Gasteiger charge is -2.61. The van der Waals surface area contributed by atoms with Gasteiger partial charge in [-0.2, -0.15) is 0 Å². The standard InChI is InChI=1S/C25H39N3O2S/c1-23(30)11-12-24(2)16(13-23)5-6-17-18-7-8-20(25(18,3)10-9-19(17)24)21(29)14-28-15-22(31-4)26-27-28/h15-20,30H,5-14H2,1-4H3/t16-,17+,18+,19+,20-,23-,24+,25+/m1/s1. The van der Waals surface area contributed by atoms with Crippen LogP contribution in [-0.4, -0.2) is 37.7 Å². The first kappa shape index (κ1) is 21.9. The predicted molar refractivity (Wildman–Crippen MR) is 123 cm³/mol. The molecule has 0 radical (unpaired) electrons. The molecule has 0 unspecified atom stereocenters. The fraction of sp³-hybridized carbons (Fsp3) is 0.880. The molecule has 0 aliphatic heterocycles. The van der Waals surface area contributed by atoms with Gasteiger partial charge in [0.2, 0.25) is 0 Å². The van der Waals surface area contributed by atoms with Gasteiger partial charge in [0.1, 0.15) is 11.6 Å². The van der Waals surface area contributed by atoms with Crippen LogP contribution in [0.2, 0.25) is 0 Å². The van der Waals surface area contributed by atoms with Gasteiger partial charge in [-0.3, -0.25) is 4.79 Å². The molecule has 1 N–H and O–H groups in total. The molecule has 4 saturated carbocycles. The van der Waals surface area contributed by atoms with Gasteiger partial charge in [0.05, 0.1) is 11.8 Å². The highest BCUT2D eigenvalue weighted by Gasteiger charge is 2.61. The van der Waals surface area contributed by atoms with Crippen molar-refractivity contribution in [2.24, 2.45) is 40.4 Å². The number of aliphatic hydroxyl groups is 1. The van der Waals surface area contributed by atoms with E-state index >= 15 is 0 Å². The molecule has 4 aliphatic carbocycles. The normalized spacial score (nSPS) is 46.8. The average molecular weight is 446 g/mol. The van der Waals surface area contributed by atoms with Gasteiger partial charge >= 0.3 is 0 Å². The lowest BCUT2D eigenvalue weighted by atomic mass is 9.44. The van der Waals surface area contributed by atoms with Crippen molar-refractivity contribution in [2.75, 3.05) is 6.26 Å². The summed E-state index contributed by atoms with van der Waals surface area (Å²) in [5.74, 6) is 3.40. The molecule has 4 fully saturated rings. The third-order valence-electron chi connectivity index (χ3n) is 10.4. The fourth-order valence-corrected chi connectivity index (χ4v) is 9.03. The Labute approximate surface area is 191 Å². The SMILES string of the molecule is CSc1cn(CC(=O)[C@H]2CC[C@H]3[C@@H]4CC[C@@H]5C[C@](C)(O)CC[C@]5(C)[C@H]4CC[C@]23C)nn1. The minimum atomic E-state index is -0.470. The van der Waals surface area contributed by atoms with Crippen LogP contribution in [0.3, 0.4) is 0 Å². The number of rotatable bonds is 4. The summed E-state index contributed by atoms with van der Waals surface area (Å²) in [4.78, 5) is 13.4. The summed E-state index contributed by atoms with van der Waals surface area (Å²) < 4.78 is 1.73. The Morgan fingerprint density at radius 1 is 1.10 bits per heavy atom. The van der Waals surface area contributed by atoms with Crippen molar-refractivity contribution in [1.82, 2.24) is 15.0 Å². The molecule has 5 rings (SSSR count). The van der Waals surface area contributed by atoms with Gasteiger partial charge in [-0.05, 0) is 105 Å². The smallest absolute Gasteiger partial charge is 0.157 e. The summed E-state index contributed by atoms with van der Waals surface area (Å²) in [5, 5.41) is 19.9. The van der Waals surface area contributed by atoms with E-state index in [4.69, 9.17) is 0 Å². The molecule has 0 amide bonds. The number of hydrogen-bond donors (Lipinski definition) is 1. The monoisotopic (exact) mass is 445 g/mol. The molecule has 1 heterocycles. The van der Waals surface area contributed by atoms with Crippen LogP contribution in [0.15, 0.2) is 11.2 Å². The average Bonchev–Trinajstić information content (AvgIpc) is 3.31. The molecular weight excluding hydrogens is 406 g/mol. The third kappa shape index (κ3) is 3.51. The van der Waals surface area contributed by atoms with Gasteiger partial charge in [-0.15, -0.1) is 16.9 Å². The molecule has 31 heavy (non-hydrogen) atoms. The number of carbonyl (C=O) groups excluding carboxylic acids is 1. The Bertz CT molecular complexity index is 854. The van der Waals surface area contributed by atoms with Crippen LogP contribution < -0.4 is 0 Å². The van der Waals surface area contributed by atoms with E-state index in [0.29, 0.717) is 29.6 Å². The maximum absolute atomic E-state index is 13.4. The first-order valence-electron chi connectivity index (χ1n) is 12.4. The number of nitrogens with zero attached hydrogens (tertiary/aromatic N) is 3. The van der Waals surface area contributed by atoms with Crippen molar-refractivity contribution < 1.29 is 9.90 Å². The first-order valence-corrected chi connectivity index (χ1v) is 13.6. The summed E-state index contributed by atoms with van der Waals surface area (Å²) >= 11 is 1.57. The third-order valence-corrected chi connectivity index (χ3v) is 11.0. The first-order chi connectivity index (χ1) is 14.7. The largest absolute Gasteiger partial charge is 0.390 e. The maximum atomic E-state index is 13.4. The van der Waals surface area contributed by atoms with Crippen LogP contribution >= 0.6 is 11.8 Å². The maximum Gasteiger partial charge on any atom is 0.157 e. The number of thioether (sulfide) groups is 1. The second-order valence-electron chi connectivity index (χ2n) is 12.0. The van der Waals surface area contributed by atoms with Gasteiger partial charge in [-0.1, -0.05) is 19.1 Å². The van der Waals surface area contributed by atoms with Crippen LogP contribution in [0.1, 0.15) is 78.6 Å². The molecule has 1 aromatic heterocycles. The Morgan fingerprint density at radius 3 is 2.61 bits per heavy atom. The number of ketones is 1. The van der Waals surface area contributed by atoms with Crippen molar-refractivity contribution >= 4 is 17.5 Å². The van der Waals surface area contributed by atoms with E-state index in [2.05, 4.69) is 24.2 Å². The second kappa shape index (κ2) is 7.58. The van der Waals surface area contributed by atoms with Crippen molar-refractivity contribution in [3.63, 3.8) is 0 Å². The second-order valence-corrected chi connectivity index (χ2v) is 12.8. The number of fused-ring (bicyclic) bond motifs is 5. The topological polar surface area (TPSA) is 68.0 Å². The summed E-state index contributed by atoms with van der Waals surface area (Å²) in [5.41, 5.74) is 0.0522. The lowest BCUT2D eigenvalue weighted by molar-refractivity contribution is -0.151. The Kier molecular flexibility index (Phi) is 5.36. The van der Waals surface area contributed by atoms with E-state index in [1.807, 2.05) is 19.4 Å². The van der Waals surface area contributed by atoms with Crippen LogP contribution in [0, 0.1) is 40.4 Å². The van der Waals surface area contributed by atoms with Gasteiger partial charge in [0.15, 0.2) is 5.78 Å². The lowest BCUT2D eigenvalue weighted by Crippen LogP contribution is -2.55. The number of aromatic nitrogens is 3. The summed E-state index contributed by atoms with van der Waals surface area (Å²) in [7, 11) is 0. The van der Waals surface area contributed by atoms with E-state index in [1.54, 1.807) is 16.4 Å². The van der Waals surface area contributed by atoms with Crippen molar-refractivity contribution in [1.29, 1.82) is 0 Å². The zero-order valence-electron chi connectivity index (χ0n) is 19.6. The van der Waals surface area contributed by atoms with Crippen LogP contribution in [0.25, 0.3) is 0 Å². The number of carbonyl (C=O) groups is 1. The molecule has 5 nitrogen and oxygen atoms in total. The van der Waals surface area contributed by atoms with Gasteiger partial charge in [0, 0.05) is 5.92 Å². The number of Topliss-reactive ketones (excluding diaryl/α,β-unsaturated/α-hetero) is 1. The highest BCUT2D eigenvalue weighted by Crippen LogP contribution is 2.68. The Morgan fingerprint density at radius 2 is 1.87 bits per heavy atom. The zero-order valence-corrected chi connectivity index (χ0v) is 20.5. The van der Waals surface area contributed by atoms with Crippen molar-refractivity contribution in [3.05, 3.63) is 6.20 Å². The minimum absolute atomic E-state index is 0.143. The van der Waals surface area contributed by atoms with E-state index in [9.17, 15) is 9.90 Å². The summed E-state index contributed by atoms with van der Waals surface area (Å²) in [6, 6.07) is 0. The van der Waals surface area contributed by atoms with Crippen LogP contribution in [0.5, 0.6) is 0 Å². The van der Waals surface area contributed by atoms with E-state index in [1.165, 1.54) is 38.5 Å². The summed E-state index contributed by atoms with van der Waals surface area (Å²) in [6.07, 6.45) is 14.2. The van der Waals surface area contributed by atoms with Crippen LogP contribution in [0.4, 0.5) is 0 Å². The highest BCUT2D eigenvalue weighted by molar-refractivity contribution is 7.98. The molecule has 0 aromatic carbocycles. The fourth-order valence-electron chi connectivity index (χ4n) is 8.68. The molecule has 0 bridgehead atoms. The van der Waals surface area contributed by atoms with Crippen molar-refractivity contribution in [3.8, 4) is 0 Å². The summed E-state index contributed by atoms with van der Waals surface area (Å²) in [6.45, 7) is 7.38. The zero-order chi connectivity index (χ0) is 22.0. The van der Waals surface area contributed by atoms with Gasteiger partial charge < -0.3 is 5.11 Å². The molecular formula is C25H39N3O2S. The molecule has 1 aromatic rings.